The van der Waals surface area contributed by atoms with Crippen LogP contribution in [-0.2, 0) is 17.7 Å². The average Bonchev–Trinajstić information content (AvgIpc) is 2.70. The van der Waals surface area contributed by atoms with E-state index in [1.807, 2.05) is 25.1 Å². The molecule has 27 heavy (non-hydrogen) atoms. The van der Waals surface area contributed by atoms with Gasteiger partial charge in [0.15, 0.2) is 0 Å². The van der Waals surface area contributed by atoms with Gasteiger partial charge in [0, 0.05) is 18.3 Å². The number of nitrogens with two attached hydrogens (primary N) is 1. The molecule has 1 aliphatic carbocycles. The molecule has 0 spiro atoms. The molecule has 0 heterocycles. The molecule has 0 saturated heterocycles. The minimum absolute atomic E-state index is 0.229. The summed E-state index contributed by atoms with van der Waals surface area (Å²) in [5.41, 5.74) is 11.6. The van der Waals surface area contributed by atoms with E-state index in [0.29, 0.717) is 6.61 Å². The van der Waals surface area contributed by atoms with Crippen molar-refractivity contribution in [3.8, 4) is 0 Å². The van der Waals surface area contributed by atoms with Gasteiger partial charge in [0.05, 0.1) is 18.0 Å². The molecule has 1 atom stereocenters. The van der Waals surface area contributed by atoms with Crippen LogP contribution < -0.4 is 16.4 Å². The summed E-state index contributed by atoms with van der Waals surface area (Å²) in [5, 5.41) is 6.93. The van der Waals surface area contributed by atoms with Crippen LogP contribution in [-0.4, -0.2) is 12.6 Å². The standard InChI is InChI=1S/C23H29N3O/c1-3-17-5-7-18(8-6-17)16-25-20-11-14-23(22(24)15-20)26-19-9-12-21(13-10-19)27-4-2/h5-9,11-15,19,25-26H,3-4,10,16,24H2,1-2H3. The third kappa shape index (κ3) is 5.30. The van der Waals surface area contributed by atoms with E-state index in [-0.39, 0.29) is 6.04 Å². The van der Waals surface area contributed by atoms with Crippen molar-refractivity contribution in [3.63, 3.8) is 0 Å². The van der Waals surface area contributed by atoms with Gasteiger partial charge in [-0.1, -0.05) is 37.3 Å². The second-order valence-electron chi connectivity index (χ2n) is 6.71. The Kier molecular flexibility index (Phi) is 6.42. The van der Waals surface area contributed by atoms with E-state index in [2.05, 4.69) is 60.0 Å². The number of benzene rings is 2. The van der Waals surface area contributed by atoms with Crippen molar-refractivity contribution in [1.29, 1.82) is 0 Å². The summed E-state index contributed by atoms with van der Waals surface area (Å²) in [4.78, 5) is 0. The van der Waals surface area contributed by atoms with E-state index in [1.54, 1.807) is 0 Å². The van der Waals surface area contributed by atoms with Crippen LogP contribution in [0.2, 0.25) is 0 Å². The topological polar surface area (TPSA) is 59.3 Å². The number of rotatable bonds is 8. The van der Waals surface area contributed by atoms with E-state index in [1.165, 1.54) is 11.1 Å². The van der Waals surface area contributed by atoms with Crippen LogP contribution in [0.5, 0.6) is 0 Å². The predicted octanol–water partition coefficient (Wildman–Crippen LogP) is 5.10. The number of aryl methyl sites for hydroxylation is 1. The zero-order chi connectivity index (χ0) is 19.1. The summed E-state index contributed by atoms with van der Waals surface area (Å²) in [7, 11) is 0. The van der Waals surface area contributed by atoms with Gasteiger partial charge >= 0.3 is 0 Å². The monoisotopic (exact) mass is 363 g/mol. The van der Waals surface area contributed by atoms with E-state index < -0.39 is 0 Å². The van der Waals surface area contributed by atoms with Crippen molar-refractivity contribution in [2.75, 3.05) is 23.0 Å². The van der Waals surface area contributed by atoms with Crippen molar-refractivity contribution in [2.24, 2.45) is 0 Å². The molecule has 0 amide bonds. The second-order valence-corrected chi connectivity index (χ2v) is 6.71. The Balaban J connectivity index is 1.55. The fraction of sp³-hybridized carbons (Fsp3) is 0.304. The molecule has 1 unspecified atom stereocenters. The maximum atomic E-state index is 6.25. The van der Waals surface area contributed by atoms with Crippen molar-refractivity contribution in [2.45, 2.75) is 39.3 Å². The molecule has 2 aromatic rings. The predicted molar refractivity (Wildman–Crippen MR) is 115 cm³/mol. The Morgan fingerprint density at radius 1 is 1.07 bits per heavy atom. The lowest BCUT2D eigenvalue weighted by molar-refractivity contribution is 0.240. The van der Waals surface area contributed by atoms with Gasteiger partial charge in [-0.3, -0.25) is 0 Å². The first-order chi connectivity index (χ1) is 13.2. The minimum atomic E-state index is 0.229. The number of nitrogen functional groups attached to an aromatic ring is 1. The van der Waals surface area contributed by atoms with Crippen molar-refractivity contribution in [3.05, 3.63) is 77.6 Å². The zero-order valence-corrected chi connectivity index (χ0v) is 16.2. The fourth-order valence-electron chi connectivity index (χ4n) is 3.08. The Hall–Kier alpha value is -2.88. The summed E-state index contributed by atoms with van der Waals surface area (Å²) in [6.07, 6.45) is 8.20. The molecule has 0 radical (unpaired) electrons. The second kappa shape index (κ2) is 9.17. The molecule has 4 nitrogen and oxygen atoms in total. The highest BCUT2D eigenvalue weighted by Gasteiger charge is 2.11. The summed E-state index contributed by atoms with van der Waals surface area (Å²) >= 11 is 0. The molecule has 0 fully saturated rings. The van der Waals surface area contributed by atoms with Crippen LogP contribution in [0, 0.1) is 0 Å². The molecule has 3 rings (SSSR count). The molecule has 2 aromatic carbocycles. The molecule has 142 valence electrons. The normalized spacial score (nSPS) is 15.9. The van der Waals surface area contributed by atoms with Gasteiger partial charge in [-0.15, -0.1) is 0 Å². The summed E-state index contributed by atoms with van der Waals surface area (Å²) in [6, 6.07) is 15.0. The third-order valence-electron chi connectivity index (χ3n) is 4.70. The summed E-state index contributed by atoms with van der Waals surface area (Å²) in [5.74, 6) is 0.940. The lowest BCUT2D eigenvalue weighted by Gasteiger charge is -2.20. The molecule has 0 bridgehead atoms. The molecule has 4 heteroatoms. The average molecular weight is 364 g/mol. The third-order valence-corrected chi connectivity index (χ3v) is 4.70. The van der Waals surface area contributed by atoms with Crippen LogP contribution in [0.25, 0.3) is 0 Å². The maximum absolute atomic E-state index is 6.25. The Morgan fingerprint density at radius 3 is 2.48 bits per heavy atom. The quantitative estimate of drug-likeness (QED) is 0.571. The van der Waals surface area contributed by atoms with Crippen LogP contribution in [0.3, 0.4) is 0 Å². The van der Waals surface area contributed by atoms with E-state index in [4.69, 9.17) is 10.5 Å². The first-order valence-electron chi connectivity index (χ1n) is 9.66. The molecular weight excluding hydrogens is 334 g/mol. The Morgan fingerprint density at radius 2 is 1.85 bits per heavy atom. The van der Waals surface area contributed by atoms with Crippen LogP contribution in [0.4, 0.5) is 17.1 Å². The van der Waals surface area contributed by atoms with E-state index in [9.17, 15) is 0 Å². The number of hydrogen-bond acceptors (Lipinski definition) is 4. The van der Waals surface area contributed by atoms with Gasteiger partial charge < -0.3 is 21.1 Å². The maximum Gasteiger partial charge on any atom is 0.115 e. The lowest BCUT2D eigenvalue weighted by atomic mass is 10.1. The van der Waals surface area contributed by atoms with E-state index >= 15 is 0 Å². The molecule has 0 aliphatic heterocycles. The highest BCUT2D eigenvalue weighted by molar-refractivity contribution is 5.72. The van der Waals surface area contributed by atoms with Gasteiger partial charge in [-0.05, 0) is 61.2 Å². The van der Waals surface area contributed by atoms with Crippen LogP contribution >= 0.6 is 0 Å². The number of ether oxygens (including phenoxy) is 1. The number of hydrogen-bond donors (Lipinski definition) is 3. The van der Waals surface area contributed by atoms with Crippen LogP contribution in [0.1, 0.15) is 31.4 Å². The van der Waals surface area contributed by atoms with Gasteiger partial charge in [-0.2, -0.15) is 0 Å². The minimum Gasteiger partial charge on any atom is -0.494 e. The SMILES string of the molecule is CCOC1=CCC(Nc2ccc(NCc3ccc(CC)cc3)cc2N)C=C1. The smallest absolute Gasteiger partial charge is 0.115 e. The largest absolute Gasteiger partial charge is 0.494 e. The molecule has 1 aliphatic rings. The highest BCUT2D eigenvalue weighted by atomic mass is 16.5. The first-order valence-corrected chi connectivity index (χ1v) is 9.66. The van der Waals surface area contributed by atoms with Gasteiger partial charge in [0.25, 0.3) is 0 Å². The van der Waals surface area contributed by atoms with Crippen molar-refractivity contribution in [1.82, 2.24) is 0 Å². The summed E-state index contributed by atoms with van der Waals surface area (Å²) in [6.45, 7) is 5.64. The van der Waals surface area contributed by atoms with E-state index in [0.717, 1.165) is 42.2 Å². The Labute approximate surface area is 162 Å². The van der Waals surface area contributed by atoms with Gasteiger partial charge in [-0.25, -0.2) is 0 Å². The number of anilines is 3. The Bertz CT molecular complexity index is 809. The lowest BCUT2D eigenvalue weighted by Crippen LogP contribution is -2.19. The summed E-state index contributed by atoms with van der Waals surface area (Å²) < 4.78 is 5.51. The molecule has 0 aromatic heterocycles. The first kappa shape index (κ1) is 18.9. The fourth-order valence-corrected chi connectivity index (χ4v) is 3.08. The number of nitrogens with one attached hydrogen (secondary N) is 2. The van der Waals surface area contributed by atoms with Gasteiger partial charge in [0.1, 0.15) is 5.76 Å². The molecule has 4 N–H and O–H groups in total. The molecule has 0 saturated carbocycles. The van der Waals surface area contributed by atoms with Gasteiger partial charge in [0.2, 0.25) is 0 Å². The van der Waals surface area contributed by atoms with Crippen LogP contribution in [0.15, 0.2) is 66.5 Å². The van der Waals surface area contributed by atoms with Crippen molar-refractivity contribution < 1.29 is 4.74 Å². The molecular formula is C23H29N3O. The highest BCUT2D eigenvalue weighted by Crippen LogP contribution is 2.25. The number of allylic oxidation sites excluding steroid dienone is 1. The zero-order valence-electron chi connectivity index (χ0n) is 16.2. The van der Waals surface area contributed by atoms with Crippen molar-refractivity contribution >= 4 is 17.1 Å².